The van der Waals surface area contributed by atoms with E-state index in [0.717, 1.165) is 36.3 Å². The van der Waals surface area contributed by atoms with Crippen LogP contribution in [0.4, 0.5) is 0 Å². The van der Waals surface area contributed by atoms with Crippen molar-refractivity contribution in [2.24, 2.45) is 0 Å². The lowest BCUT2D eigenvalue weighted by molar-refractivity contribution is -0.121. The van der Waals surface area contributed by atoms with E-state index in [0.29, 0.717) is 19.4 Å². The fourth-order valence-electron chi connectivity index (χ4n) is 2.75. The van der Waals surface area contributed by atoms with Crippen molar-refractivity contribution >= 4 is 5.91 Å². The van der Waals surface area contributed by atoms with Gasteiger partial charge in [0.2, 0.25) is 5.91 Å². The minimum atomic E-state index is 0.0385. The summed E-state index contributed by atoms with van der Waals surface area (Å²) >= 11 is 0. The quantitative estimate of drug-likeness (QED) is 0.890. The molecule has 1 amide bonds. The van der Waals surface area contributed by atoms with E-state index in [1.165, 1.54) is 5.56 Å². The predicted molar refractivity (Wildman–Crippen MR) is 87.0 cm³/mol. The van der Waals surface area contributed by atoms with Gasteiger partial charge in [0, 0.05) is 30.7 Å². The molecule has 1 atom stereocenters. The maximum atomic E-state index is 12.0. The first kappa shape index (κ1) is 15.7. The Morgan fingerprint density at radius 2 is 2.17 bits per heavy atom. The van der Waals surface area contributed by atoms with Gasteiger partial charge >= 0.3 is 0 Å². The number of aryl methyl sites for hydroxylation is 2. The van der Waals surface area contributed by atoms with E-state index in [1.54, 1.807) is 6.26 Å². The number of benzene rings is 1. The number of hydrogen-bond donors (Lipinski definition) is 1. The van der Waals surface area contributed by atoms with Crippen molar-refractivity contribution < 1.29 is 14.1 Å². The zero-order chi connectivity index (χ0) is 16.1. The molecule has 5 heteroatoms. The molecule has 1 saturated heterocycles. The van der Waals surface area contributed by atoms with Crippen LogP contribution in [-0.2, 0) is 16.0 Å². The van der Waals surface area contributed by atoms with E-state index < -0.39 is 0 Å². The Hall–Kier alpha value is -2.14. The molecule has 0 saturated carbocycles. The number of hydrogen-bond acceptors (Lipinski definition) is 4. The van der Waals surface area contributed by atoms with Gasteiger partial charge in [0.1, 0.15) is 12.0 Å². The molecule has 1 aliphatic rings. The average molecular weight is 314 g/mol. The van der Waals surface area contributed by atoms with Gasteiger partial charge in [0.15, 0.2) is 0 Å². The highest BCUT2D eigenvalue weighted by Crippen LogP contribution is 2.23. The molecule has 23 heavy (non-hydrogen) atoms. The molecule has 0 bridgehead atoms. The maximum Gasteiger partial charge on any atom is 0.220 e. The van der Waals surface area contributed by atoms with Crippen LogP contribution in [-0.4, -0.2) is 30.3 Å². The number of nitrogens with one attached hydrogen (secondary N) is 1. The van der Waals surface area contributed by atoms with Gasteiger partial charge in [-0.2, -0.15) is 0 Å². The van der Waals surface area contributed by atoms with Gasteiger partial charge in [-0.3, -0.25) is 4.79 Å². The van der Waals surface area contributed by atoms with Crippen LogP contribution in [0.2, 0.25) is 0 Å². The highest BCUT2D eigenvalue weighted by molar-refractivity contribution is 5.76. The van der Waals surface area contributed by atoms with Crippen molar-refractivity contribution in [1.29, 1.82) is 0 Å². The number of carbonyl (C=O) groups is 1. The number of amides is 1. The molecule has 1 aromatic carbocycles. The summed E-state index contributed by atoms with van der Waals surface area (Å²) in [6.07, 6.45) is 4.96. The lowest BCUT2D eigenvalue weighted by Gasteiger charge is -2.10. The Morgan fingerprint density at radius 3 is 2.91 bits per heavy atom. The van der Waals surface area contributed by atoms with Crippen molar-refractivity contribution in [3.8, 4) is 11.3 Å². The summed E-state index contributed by atoms with van der Waals surface area (Å²) in [4.78, 5) is 12.0. The van der Waals surface area contributed by atoms with E-state index in [4.69, 9.17) is 9.26 Å². The summed E-state index contributed by atoms with van der Waals surface area (Å²) in [6.45, 7) is 3.46. The molecule has 1 aliphatic heterocycles. The molecule has 3 rings (SSSR count). The van der Waals surface area contributed by atoms with Crippen LogP contribution >= 0.6 is 0 Å². The standard InChI is InChI=1S/C18H22N2O3/c1-13-4-6-14(7-5-13)18-15(12-23-20-18)8-9-17(21)19-11-16-3-2-10-22-16/h4-7,12,16H,2-3,8-11H2,1H3,(H,19,21)/t16-/m1/s1. The highest BCUT2D eigenvalue weighted by atomic mass is 16.5. The second-order valence-electron chi connectivity index (χ2n) is 5.99. The Labute approximate surface area is 136 Å². The fraction of sp³-hybridized carbons (Fsp3) is 0.444. The molecule has 0 radical (unpaired) electrons. The monoisotopic (exact) mass is 314 g/mol. The minimum absolute atomic E-state index is 0.0385. The first-order valence-electron chi connectivity index (χ1n) is 8.11. The first-order chi connectivity index (χ1) is 11.2. The van der Waals surface area contributed by atoms with E-state index >= 15 is 0 Å². The maximum absolute atomic E-state index is 12.0. The number of nitrogens with zero attached hydrogens (tertiary/aromatic N) is 1. The third-order valence-electron chi connectivity index (χ3n) is 4.14. The molecule has 1 fully saturated rings. The molecule has 122 valence electrons. The second-order valence-corrected chi connectivity index (χ2v) is 5.99. The van der Waals surface area contributed by atoms with Gasteiger partial charge in [0.25, 0.3) is 0 Å². The van der Waals surface area contributed by atoms with Crippen LogP contribution in [0.3, 0.4) is 0 Å². The number of aromatic nitrogens is 1. The summed E-state index contributed by atoms with van der Waals surface area (Å²) < 4.78 is 10.6. The topological polar surface area (TPSA) is 64.4 Å². The van der Waals surface area contributed by atoms with Crippen molar-refractivity contribution in [2.45, 2.75) is 38.7 Å². The number of carbonyl (C=O) groups excluding carboxylic acids is 1. The van der Waals surface area contributed by atoms with Crippen LogP contribution in [0, 0.1) is 6.92 Å². The molecule has 0 spiro atoms. The molecule has 5 nitrogen and oxygen atoms in total. The molecular formula is C18H22N2O3. The highest BCUT2D eigenvalue weighted by Gasteiger charge is 2.17. The molecule has 2 heterocycles. The van der Waals surface area contributed by atoms with Gasteiger partial charge in [-0.05, 0) is 26.2 Å². The Morgan fingerprint density at radius 1 is 1.35 bits per heavy atom. The Bertz CT molecular complexity index is 643. The van der Waals surface area contributed by atoms with Gasteiger partial charge in [0.05, 0.1) is 6.10 Å². The lowest BCUT2D eigenvalue weighted by Crippen LogP contribution is -2.31. The smallest absolute Gasteiger partial charge is 0.220 e. The van der Waals surface area contributed by atoms with E-state index in [-0.39, 0.29) is 12.0 Å². The van der Waals surface area contributed by atoms with E-state index in [9.17, 15) is 4.79 Å². The zero-order valence-electron chi connectivity index (χ0n) is 13.4. The molecule has 0 aliphatic carbocycles. The number of ether oxygens (including phenoxy) is 1. The van der Waals surface area contributed by atoms with Crippen molar-refractivity contribution in [3.05, 3.63) is 41.7 Å². The van der Waals surface area contributed by atoms with Crippen molar-refractivity contribution in [1.82, 2.24) is 10.5 Å². The second kappa shape index (κ2) is 7.42. The third-order valence-corrected chi connectivity index (χ3v) is 4.14. The van der Waals surface area contributed by atoms with Crippen LogP contribution in [0.1, 0.15) is 30.4 Å². The Kier molecular flexibility index (Phi) is 5.08. The zero-order valence-corrected chi connectivity index (χ0v) is 13.4. The predicted octanol–water partition coefficient (Wildman–Crippen LogP) is 2.88. The largest absolute Gasteiger partial charge is 0.376 e. The summed E-state index contributed by atoms with van der Waals surface area (Å²) in [5, 5.41) is 7.02. The average Bonchev–Trinajstić information content (AvgIpc) is 3.23. The summed E-state index contributed by atoms with van der Waals surface area (Å²) in [5.74, 6) is 0.0385. The van der Waals surface area contributed by atoms with Crippen LogP contribution in [0.25, 0.3) is 11.3 Å². The van der Waals surface area contributed by atoms with Crippen molar-refractivity contribution in [2.75, 3.05) is 13.2 Å². The molecule has 1 aromatic heterocycles. The SMILES string of the molecule is Cc1ccc(-c2nocc2CCC(=O)NC[C@H]2CCCO2)cc1. The van der Waals surface area contributed by atoms with Gasteiger partial charge < -0.3 is 14.6 Å². The molecule has 2 aromatic rings. The van der Waals surface area contributed by atoms with Crippen LogP contribution in [0.5, 0.6) is 0 Å². The summed E-state index contributed by atoms with van der Waals surface area (Å²) in [6, 6.07) is 8.13. The van der Waals surface area contributed by atoms with E-state index in [2.05, 4.69) is 10.5 Å². The van der Waals surface area contributed by atoms with Gasteiger partial charge in [-0.25, -0.2) is 0 Å². The molecule has 0 unspecified atom stereocenters. The lowest BCUT2D eigenvalue weighted by atomic mass is 10.0. The first-order valence-corrected chi connectivity index (χ1v) is 8.11. The van der Waals surface area contributed by atoms with Crippen LogP contribution < -0.4 is 5.32 Å². The molecule has 1 N–H and O–H groups in total. The van der Waals surface area contributed by atoms with Gasteiger partial charge in [-0.1, -0.05) is 35.0 Å². The van der Waals surface area contributed by atoms with Crippen molar-refractivity contribution in [3.63, 3.8) is 0 Å². The van der Waals surface area contributed by atoms with Crippen LogP contribution in [0.15, 0.2) is 35.1 Å². The van der Waals surface area contributed by atoms with E-state index in [1.807, 2.05) is 31.2 Å². The third kappa shape index (κ3) is 4.20. The summed E-state index contributed by atoms with van der Waals surface area (Å²) in [5.41, 5.74) is 3.99. The minimum Gasteiger partial charge on any atom is -0.376 e. The number of rotatable bonds is 6. The normalized spacial score (nSPS) is 17.3. The van der Waals surface area contributed by atoms with Gasteiger partial charge in [-0.15, -0.1) is 0 Å². The molecular weight excluding hydrogens is 292 g/mol. The fourth-order valence-corrected chi connectivity index (χ4v) is 2.75. The Balaban J connectivity index is 1.53. The summed E-state index contributed by atoms with van der Waals surface area (Å²) in [7, 11) is 0.